The summed E-state index contributed by atoms with van der Waals surface area (Å²) in [6, 6.07) is 39.0. The van der Waals surface area contributed by atoms with Crippen LogP contribution in [-0.2, 0) is 38.8 Å². The molecule has 6 rings (SSSR count). The number of ether oxygens (including phenoxy) is 4. The van der Waals surface area contributed by atoms with E-state index in [1.165, 1.54) is 0 Å². The van der Waals surface area contributed by atoms with E-state index in [2.05, 4.69) is 59.6 Å². The normalized spacial score (nSPS) is 20.9. The largest absolute Gasteiger partial charge is 0.374 e. The molecule has 5 heteroatoms. The Hall–Kier alpha value is -3.74. The Morgan fingerprint density at radius 3 is 1.77 bits per heavy atom. The predicted molar refractivity (Wildman–Crippen MR) is 152 cm³/mol. The van der Waals surface area contributed by atoms with Crippen molar-refractivity contribution in [2.75, 3.05) is 6.61 Å². The van der Waals surface area contributed by atoms with Crippen molar-refractivity contribution in [2.24, 2.45) is 0 Å². The quantitative estimate of drug-likeness (QED) is 0.204. The first-order chi connectivity index (χ1) is 19.3. The van der Waals surface area contributed by atoms with Crippen molar-refractivity contribution in [3.8, 4) is 0 Å². The zero-order valence-corrected chi connectivity index (χ0v) is 21.8. The van der Waals surface area contributed by atoms with E-state index in [-0.39, 0.29) is 24.4 Å². The van der Waals surface area contributed by atoms with Crippen LogP contribution in [0.1, 0.15) is 28.4 Å². The van der Waals surface area contributed by atoms with Crippen LogP contribution in [-0.4, -0.2) is 29.9 Å². The van der Waals surface area contributed by atoms with E-state index in [0.29, 0.717) is 26.4 Å². The summed E-state index contributed by atoms with van der Waals surface area (Å²) in [7, 11) is 0. The number of aromatic amines is 1. The Balaban J connectivity index is 1.28. The van der Waals surface area contributed by atoms with Crippen molar-refractivity contribution >= 4 is 10.9 Å². The number of rotatable bonds is 11. The van der Waals surface area contributed by atoms with Crippen LogP contribution in [0.3, 0.4) is 0 Å². The lowest BCUT2D eigenvalue weighted by molar-refractivity contribution is -0.0898. The molecule has 0 saturated carbocycles. The topological polar surface area (TPSA) is 52.7 Å². The van der Waals surface area contributed by atoms with Crippen molar-refractivity contribution in [3.63, 3.8) is 0 Å². The Morgan fingerprint density at radius 1 is 0.590 bits per heavy atom. The SMILES string of the molecule is c1ccc(COC[C@H]2O[C@H](c3c[nH]c4ccccc34)[C@@H](OCc3ccccc3)[C@@H]2OCc2ccccc2)cc1. The van der Waals surface area contributed by atoms with Gasteiger partial charge in [0.25, 0.3) is 0 Å². The Bertz CT molecular complexity index is 1440. The van der Waals surface area contributed by atoms with Crippen LogP contribution in [0.25, 0.3) is 10.9 Å². The van der Waals surface area contributed by atoms with Gasteiger partial charge >= 0.3 is 0 Å². The third-order valence-corrected chi connectivity index (χ3v) is 7.20. The van der Waals surface area contributed by atoms with Gasteiger partial charge < -0.3 is 23.9 Å². The first-order valence-corrected chi connectivity index (χ1v) is 13.5. The third kappa shape index (κ3) is 6.13. The van der Waals surface area contributed by atoms with Crippen molar-refractivity contribution in [2.45, 2.75) is 44.2 Å². The van der Waals surface area contributed by atoms with Gasteiger partial charge in [-0.3, -0.25) is 0 Å². The van der Waals surface area contributed by atoms with Crippen LogP contribution in [0.4, 0.5) is 0 Å². The second kappa shape index (κ2) is 12.4. The van der Waals surface area contributed by atoms with Crippen LogP contribution in [0.15, 0.2) is 121 Å². The number of aromatic nitrogens is 1. The molecule has 2 heterocycles. The molecule has 0 bridgehead atoms. The van der Waals surface area contributed by atoms with Gasteiger partial charge in [-0.25, -0.2) is 0 Å². The molecule has 0 radical (unpaired) electrons. The number of hydrogen-bond acceptors (Lipinski definition) is 4. The minimum Gasteiger partial charge on any atom is -0.374 e. The monoisotopic (exact) mass is 519 g/mol. The summed E-state index contributed by atoms with van der Waals surface area (Å²) < 4.78 is 26.2. The highest BCUT2D eigenvalue weighted by Gasteiger charge is 2.47. The highest BCUT2D eigenvalue weighted by Crippen LogP contribution is 2.41. The molecule has 4 atom stereocenters. The fourth-order valence-corrected chi connectivity index (χ4v) is 5.23. The maximum absolute atomic E-state index is 6.76. The molecule has 0 spiro atoms. The molecule has 1 aliphatic rings. The number of H-pyrrole nitrogens is 1. The van der Waals surface area contributed by atoms with Gasteiger partial charge in [0, 0.05) is 22.7 Å². The molecular formula is C34H33NO4. The number of para-hydroxylation sites is 1. The van der Waals surface area contributed by atoms with E-state index in [4.69, 9.17) is 18.9 Å². The summed E-state index contributed by atoms with van der Waals surface area (Å²) >= 11 is 0. The molecule has 1 fully saturated rings. The van der Waals surface area contributed by atoms with Crippen molar-refractivity contribution in [1.82, 2.24) is 4.98 Å². The average molecular weight is 520 g/mol. The molecule has 198 valence electrons. The molecule has 1 N–H and O–H groups in total. The minimum atomic E-state index is -0.321. The number of benzene rings is 4. The van der Waals surface area contributed by atoms with Gasteiger partial charge in [-0.15, -0.1) is 0 Å². The van der Waals surface area contributed by atoms with E-state index in [1.807, 2.05) is 66.9 Å². The van der Waals surface area contributed by atoms with Gasteiger partial charge in [0.1, 0.15) is 24.4 Å². The molecule has 0 aliphatic carbocycles. The lowest BCUT2D eigenvalue weighted by Gasteiger charge is -2.25. The van der Waals surface area contributed by atoms with Gasteiger partial charge in [-0.1, -0.05) is 109 Å². The molecule has 1 aromatic heterocycles. The second-order valence-electron chi connectivity index (χ2n) is 9.91. The fourth-order valence-electron chi connectivity index (χ4n) is 5.23. The van der Waals surface area contributed by atoms with Gasteiger partial charge in [-0.2, -0.15) is 0 Å². The highest BCUT2D eigenvalue weighted by atomic mass is 16.6. The lowest BCUT2D eigenvalue weighted by atomic mass is 10.00. The molecule has 5 nitrogen and oxygen atoms in total. The van der Waals surface area contributed by atoms with Crippen LogP contribution < -0.4 is 0 Å². The zero-order valence-electron chi connectivity index (χ0n) is 21.8. The van der Waals surface area contributed by atoms with E-state index in [9.17, 15) is 0 Å². The van der Waals surface area contributed by atoms with Crippen molar-refractivity contribution in [1.29, 1.82) is 0 Å². The molecule has 0 amide bonds. The van der Waals surface area contributed by atoms with E-state index in [1.54, 1.807) is 0 Å². The van der Waals surface area contributed by atoms with Gasteiger partial charge in [-0.05, 0) is 22.8 Å². The molecule has 39 heavy (non-hydrogen) atoms. The smallest absolute Gasteiger partial charge is 0.117 e. The fraction of sp³-hybridized carbons (Fsp3) is 0.235. The summed E-state index contributed by atoms with van der Waals surface area (Å²) in [6.45, 7) is 1.85. The van der Waals surface area contributed by atoms with Crippen molar-refractivity contribution < 1.29 is 18.9 Å². The molecule has 4 aromatic carbocycles. The third-order valence-electron chi connectivity index (χ3n) is 7.20. The Kier molecular flexibility index (Phi) is 8.13. The van der Waals surface area contributed by atoms with Gasteiger partial charge in [0.15, 0.2) is 0 Å². The molecule has 1 saturated heterocycles. The zero-order chi connectivity index (χ0) is 26.3. The summed E-state index contributed by atoms with van der Waals surface area (Å²) in [4.78, 5) is 3.40. The summed E-state index contributed by atoms with van der Waals surface area (Å²) in [5, 5.41) is 1.13. The highest BCUT2D eigenvalue weighted by molar-refractivity contribution is 5.83. The molecular weight excluding hydrogens is 486 g/mol. The van der Waals surface area contributed by atoms with Gasteiger partial charge in [0.05, 0.1) is 26.4 Å². The Labute approximate surface area is 229 Å². The maximum Gasteiger partial charge on any atom is 0.117 e. The molecule has 0 unspecified atom stereocenters. The lowest BCUT2D eigenvalue weighted by Crippen LogP contribution is -2.37. The van der Waals surface area contributed by atoms with Crippen LogP contribution >= 0.6 is 0 Å². The second-order valence-corrected chi connectivity index (χ2v) is 9.91. The predicted octanol–water partition coefficient (Wildman–Crippen LogP) is 7.00. The summed E-state index contributed by atoms with van der Waals surface area (Å²) in [5.41, 5.74) is 5.49. The molecule has 1 aliphatic heterocycles. The van der Waals surface area contributed by atoms with Crippen LogP contribution in [0.2, 0.25) is 0 Å². The summed E-state index contributed by atoms with van der Waals surface area (Å²) in [5.74, 6) is 0. The summed E-state index contributed by atoms with van der Waals surface area (Å²) in [6.07, 6.45) is 0.796. The Morgan fingerprint density at radius 2 is 1.13 bits per heavy atom. The first kappa shape index (κ1) is 25.5. The van der Waals surface area contributed by atoms with Crippen molar-refractivity contribution in [3.05, 3.63) is 144 Å². The number of fused-ring (bicyclic) bond motifs is 1. The average Bonchev–Trinajstić information content (AvgIpc) is 3.57. The molecule has 5 aromatic rings. The first-order valence-electron chi connectivity index (χ1n) is 13.5. The number of hydrogen-bond donors (Lipinski definition) is 1. The van der Waals surface area contributed by atoms with Gasteiger partial charge in [0.2, 0.25) is 0 Å². The van der Waals surface area contributed by atoms with Crippen LogP contribution in [0, 0.1) is 0 Å². The maximum atomic E-state index is 6.76. The van der Waals surface area contributed by atoms with E-state index in [0.717, 1.165) is 33.2 Å². The number of nitrogens with one attached hydrogen (secondary N) is 1. The standard InChI is InChI=1S/C34H33NO4/c1-4-12-25(13-5-1)21-36-24-31-33(37-22-26-14-6-2-7-15-26)34(38-23-27-16-8-3-9-17-27)32(39-31)29-20-35-30-19-11-10-18-28(29)30/h1-20,31-35H,21-24H2/t31-,32-,33-,34-/m1/s1. The van der Waals surface area contributed by atoms with Crippen LogP contribution in [0.5, 0.6) is 0 Å². The van der Waals surface area contributed by atoms with E-state index >= 15 is 0 Å². The minimum absolute atomic E-state index is 0.295. The van der Waals surface area contributed by atoms with E-state index < -0.39 is 0 Å².